The van der Waals surface area contributed by atoms with Gasteiger partial charge in [-0.2, -0.15) is 0 Å². The van der Waals surface area contributed by atoms with Gasteiger partial charge in [0.1, 0.15) is 5.54 Å². The number of amides is 1. The van der Waals surface area contributed by atoms with E-state index >= 15 is 0 Å². The van der Waals surface area contributed by atoms with E-state index in [0.29, 0.717) is 25.2 Å². The van der Waals surface area contributed by atoms with Crippen molar-refractivity contribution in [3.8, 4) is 0 Å². The van der Waals surface area contributed by atoms with E-state index in [1.807, 2.05) is 13.8 Å². The Kier molecular flexibility index (Phi) is 2.65. The molecule has 0 aromatic rings. The van der Waals surface area contributed by atoms with Crippen LogP contribution in [-0.4, -0.2) is 36.7 Å². The lowest BCUT2D eigenvalue weighted by atomic mass is 10.1. The summed E-state index contributed by atoms with van der Waals surface area (Å²) in [6.07, 6.45) is 2.26. The molecule has 0 aromatic carbocycles. The summed E-state index contributed by atoms with van der Waals surface area (Å²) < 4.78 is 5.28. The molecule has 0 radical (unpaired) electrons. The third-order valence-corrected chi connectivity index (χ3v) is 2.58. The van der Waals surface area contributed by atoms with Gasteiger partial charge >= 0.3 is 0 Å². The molecule has 2 N–H and O–H groups in total. The molecule has 0 aromatic heterocycles. The second-order valence-corrected chi connectivity index (χ2v) is 4.26. The lowest BCUT2D eigenvalue weighted by Crippen LogP contribution is -2.48. The molecule has 2 fully saturated rings. The van der Waals surface area contributed by atoms with Crippen molar-refractivity contribution in [3.05, 3.63) is 0 Å². The van der Waals surface area contributed by atoms with E-state index in [4.69, 9.17) is 4.74 Å². The number of hydrogen-bond donors (Lipinski definition) is 2. The molecular formula is C10H17N3O2. The highest BCUT2D eigenvalue weighted by Gasteiger charge is 2.41. The van der Waals surface area contributed by atoms with Crippen LogP contribution in [0.4, 0.5) is 0 Å². The van der Waals surface area contributed by atoms with Crippen LogP contribution in [0.3, 0.4) is 0 Å². The Morgan fingerprint density at radius 3 is 2.93 bits per heavy atom. The maximum atomic E-state index is 11.7. The zero-order valence-corrected chi connectivity index (χ0v) is 9.17. The van der Waals surface area contributed by atoms with Crippen LogP contribution in [0, 0.1) is 0 Å². The number of rotatable bonds is 4. The molecule has 2 rings (SSSR count). The molecule has 1 aliphatic heterocycles. The molecule has 1 amide bonds. The van der Waals surface area contributed by atoms with Crippen LogP contribution in [0.15, 0.2) is 4.99 Å². The molecule has 1 unspecified atom stereocenters. The van der Waals surface area contributed by atoms with Gasteiger partial charge in [-0.15, -0.1) is 0 Å². The number of ether oxygens (including phenoxy) is 1. The molecule has 0 bridgehead atoms. The smallest absolute Gasteiger partial charge is 0.254 e. The summed E-state index contributed by atoms with van der Waals surface area (Å²) in [6.45, 7) is 4.72. The summed E-state index contributed by atoms with van der Waals surface area (Å²) in [5.74, 6) is 0.542. The van der Waals surface area contributed by atoms with E-state index in [9.17, 15) is 4.79 Å². The van der Waals surface area contributed by atoms with E-state index in [2.05, 4.69) is 15.6 Å². The van der Waals surface area contributed by atoms with Crippen LogP contribution in [-0.2, 0) is 9.53 Å². The summed E-state index contributed by atoms with van der Waals surface area (Å²) in [5, 5.41) is 5.83. The van der Waals surface area contributed by atoms with Gasteiger partial charge in [0.25, 0.3) is 5.91 Å². The highest BCUT2D eigenvalue weighted by molar-refractivity contribution is 6.08. The van der Waals surface area contributed by atoms with Gasteiger partial charge in [0.05, 0.1) is 12.6 Å². The first kappa shape index (κ1) is 10.4. The fourth-order valence-electron chi connectivity index (χ4n) is 1.45. The highest BCUT2D eigenvalue weighted by Crippen LogP contribution is 2.24. The first-order valence-electron chi connectivity index (χ1n) is 5.39. The molecule has 5 heteroatoms. The second kappa shape index (κ2) is 3.81. The van der Waals surface area contributed by atoms with E-state index in [1.54, 1.807) is 0 Å². The van der Waals surface area contributed by atoms with Crippen LogP contribution in [0.5, 0.6) is 0 Å². The highest BCUT2D eigenvalue weighted by atomic mass is 16.5. The standard InChI is InChI=1S/C10H17N3O2/c1-3-15-6-10(2)8(14)12-9(13-10)11-7-4-5-7/h7H,3-6H2,1-2H3,(H2,11,12,13,14). The molecule has 1 saturated carbocycles. The van der Waals surface area contributed by atoms with Crippen molar-refractivity contribution in [3.63, 3.8) is 0 Å². The third-order valence-electron chi connectivity index (χ3n) is 2.58. The molecule has 1 heterocycles. The predicted octanol–water partition coefficient (Wildman–Crippen LogP) is 0.0194. The topological polar surface area (TPSA) is 62.7 Å². The zero-order valence-electron chi connectivity index (χ0n) is 9.17. The number of nitrogens with zero attached hydrogens (tertiary/aromatic N) is 1. The quantitative estimate of drug-likeness (QED) is 0.689. The maximum absolute atomic E-state index is 11.7. The van der Waals surface area contributed by atoms with Crippen LogP contribution in [0.25, 0.3) is 0 Å². The minimum atomic E-state index is -0.663. The molecule has 1 atom stereocenters. The van der Waals surface area contributed by atoms with E-state index in [-0.39, 0.29) is 5.91 Å². The van der Waals surface area contributed by atoms with Gasteiger partial charge in [-0.3, -0.25) is 10.1 Å². The van der Waals surface area contributed by atoms with Crippen molar-refractivity contribution in [2.75, 3.05) is 13.2 Å². The summed E-state index contributed by atoms with van der Waals surface area (Å²) >= 11 is 0. The Hall–Kier alpha value is -1.10. The van der Waals surface area contributed by atoms with Gasteiger partial charge in [-0.1, -0.05) is 0 Å². The van der Waals surface area contributed by atoms with Gasteiger partial charge in [-0.25, -0.2) is 4.99 Å². The Balaban J connectivity index is 1.98. The van der Waals surface area contributed by atoms with Crippen molar-refractivity contribution in [1.82, 2.24) is 10.6 Å². The van der Waals surface area contributed by atoms with Gasteiger partial charge < -0.3 is 10.1 Å². The Bertz CT molecular complexity index is 299. The van der Waals surface area contributed by atoms with Gasteiger partial charge in [-0.05, 0) is 26.7 Å². The molecule has 2 aliphatic rings. The molecule has 84 valence electrons. The molecule has 5 nitrogen and oxygen atoms in total. The lowest BCUT2D eigenvalue weighted by Gasteiger charge is -2.20. The van der Waals surface area contributed by atoms with E-state index < -0.39 is 5.54 Å². The number of guanidine groups is 1. The van der Waals surface area contributed by atoms with Gasteiger partial charge in [0.2, 0.25) is 0 Å². The number of carbonyl (C=O) groups is 1. The summed E-state index contributed by atoms with van der Waals surface area (Å²) in [4.78, 5) is 16.0. The maximum Gasteiger partial charge on any atom is 0.254 e. The first-order chi connectivity index (χ1) is 7.14. The number of aliphatic imine (C=N–C) groups is 1. The van der Waals surface area contributed by atoms with Crippen molar-refractivity contribution in [2.24, 2.45) is 4.99 Å². The van der Waals surface area contributed by atoms with Crippen molar-refractivity contribution >= 4 is 11.9 Å². The van der Waals surface area contributed by atoms with Crippen molar-refractivity contribution in [1.29, 1.82) is 0 Å². The first-order valence-corrected chi connectivity index (χ1v) is 5.39. The summed E-state index contributed by atoms with van der Waals surface area (Å²) in [7, 11) is 0. The predicted molar refractivity (Wildman–Crippen MR) is 56.6 cm³/mol. The monoisotopic (exact) mass is 211 g/mol. The Morgan fingerprint density at radius 1 is 1.60 bits per heavy atom. The SMILES string of the molecule is CCOCC1(C)NC(=NC2CC2)NC1=O. The van der Waals surface area contributed by atoms with E-state index in [1.165, 1.54) is 0 Å². The van der Waals surface area contributed by atoms with Gasteiger partial charge in [0, 0.05) is 6.61 Å². The fraction of sp³-hybridized carbons (Fsp3) is 0.800. The van der Waals surface area contributed by atoms with Crippen LogP contribution in [0.2, 0.25) is 0 Å². The Labute approximate surface area is 89.3 Å². The largest absolute Gasteiger partial charge is 0.379 e. The average Bonchev–Trinajstić information content (AvgIpc) is 2.93. The van der Waals surface area contributed by atoms with Crippen molar-refractivity contribution < 1.29 is 9.53 Å². The lowest BCUT2D eigenvalue weighted by molar-refractivity contribution is -0.125. The number of nitrogens with one attached hydrogen (secondary N) is 2. The summed E-state index contributed by atoms with van der Waals surface area (Å²) in [5.41, 5.74) is -0.663. The van der Waals surface area contributed by atoms with Gasteiger partial charge in [0.15, 0.2) is 5.96 Å². The molecule has 1 aliphatic carbocycles. The third kappa shape index (κ3) is 2.28. The minimum Gasteiger partial charge on any atom is -0.379 e. The van der Waals surface area contributed by atoms with Crippen molar-refractivity contribution in [2.45, 2.75) is 38.3 Å². The number of carbonyl (C=O) groups excluding carboxylic acids is 1. The van der Waals surface area contributed by atoms with E-state index in [0.717, 1.165) is 12.8 Å². The fourth-order valence-corrected chi connectivity index (χ4v) is 1.45. The molecular weight excluding hydrogens is 194 g/mol. The minimum absolute atomic E-state index is 0.0599. The van der Waals surface area contributed by atoms with Crippen LogP contribution < -0.4 is 10.6 Å². The number of hydrogen-bond acceptors (Lipinski definition) is 3. The summed E-state index contributed by atoms with van der Waals surface area (Å²) in [6, 6.07) is 0.405. The molecule has 1 saturated heterocycles. The zero-order chi connectivity index (χ0) is 10.9. The Morgan fingerprint density at radius 2 is 2.33 bits per heavy atom. The average molecular weight is 211 g/mol. The molecule has 15 heavy (non-hydrogen) atoms. The van der Waals surface area contributed by atoms with Crippen LogP contribution >= 0.6 is 0 Å². The second-order valence-electron chi connectivity index (χ2n) is 4.26. The van der Waals surface area contributed by atoms with Crippen LogP contribution in [0.1, 0.15) is 26.7 Å². The molecule has 0 spiro atoms. The normalized spacial score (nSPS) is 32.9.